The van der Waals surface area contributed by atoms with E-state index in [-0.39, 0.29) is 29.5 Å². The molecule has 1 aliphatic rings. The zero-order valence-corrected chi connectivity index (χ0v) is 21.6. The molecule has 2 N–H and O–H groups in total. The molecule has 4 rings (SSSR count). The maximum atomic E-state index is 13.1. The zero-order valence-electron chi connectivity index (χ0n) is 20.8. The third-order valence-electron chi connectivity index (χ3n) is 5.71. The molecule has 38 heavy (non-hydrogen) atoms. The number of ether oxygens (including phenoxy) is 2. The van der Waals surface area contributed by atoms with Gasteiger partial charge in [-0.05, 0) is 67.4 Å². The van der Waals surface area contributed by atoms with Crippen LogP contribution in [-0.4, -0.2) is 37.5 Å². The van der Waals surface area contributed by atoms with E-state index in [4.69, 9.17) is 21.1 Å². The van der Waals surface area contributed by atoms with Crippen molar-refractivity contribution < 1.29 is 28.7 Å². The number of hydrogen-bond donors (Lipinski definition) is 2. The van der Waals surface area contributed by atoms with E-state index in [1.54, 1.807) is 49.4 Å². The predicted octanol–water partition coefficient (Wildman–Crippen LogP) is 4.65. The van der Waals surface area contributed by atoms with Crippen LogP contribution in [0.3, 0.4) is 0 Å². The highest BCUT2D eigenvalue weighted by Crippen LogP contribution is 2.30. The van der Waals surface area contributed by atoms with Gasteiger partial charge in [0.15, 0.2) is 18.1 Å². The first-order valence-corrected chi connectivity index (χ1v) is 11.9. The average molecular weight is 534 g/mol. The number of rotatable bonds is 7. The Morgan fingerprint density at radius 3 is 2.42 bits per heavy atom. The fourth-order valence-electron chi connectivity index (χ4n) is 3.65. The number of amides is 5. The summed E-state index contributed by atoms with van der Waals surface area (Å²) >= 11 is 6.16. The molecule has 0 saturated carbocycles. The molecule has 0 atom stereocenters. The summed E-state index contributed by atoms with van der Waals surface area (Å²) in [6.07, 6.45) is 1.34. The molecule has 0 radical (unpaired) electrons. The summed E-state index contributed by atoms with van der Waals surface area (Å²) in [7, 11) is 1.42. The van der Waals surface area contributed by atoms with Crippen molar-refractivity contribution in [2.24, 2.45) is 0 Å². The number of methoxy groups -OCH3 is 1. The van der Waals surface area contributed by atoms with Gasteiger partial charge in [-0.25, -0.2) is 9.69 Å². The number of halogens is 1. The summed E-state index contributed by atoms with van der Waals surface area (Å²) in [5.74, 6) is -1.41. The van der Waals surface area contributed by atoms with Crippen molar-refractivity contribution in [1.29, 1.82) is 0 Å². The van der Waals surface area contributed by atoms with Crippen LogP contribution < -0.4 is 25.0 Å². The van der Waals surface area contributed by atoms with E-state index >= 15 is 0 Å². The van der Waals surface area contributed by atoms with Gasteiger partial charge in [-0.15, -0.1) is 0 Å². The Hall–Kier alpha value is -4.63. The van der Waals surface area contributed by atoms with Gasteiger partial charge in [-0.1, -0.05) is 41.4 Å². The summed E-state index contributed by atoms with van der Waals surface area (Å²) in [6, 6.07) is 15.9. The molecule has 194 valence electrons. The van der Waals surface area contributed by atoms with Gasteiger partial charge in [-0.2, -0.15) is 0 Å². The lowest BCUT2D eigenvalue weighted by Crippen LogP contribution is -2.54. The second-order valence-electron chi connectivity index (χ2n) is 8.50. The highest BCUT2D eigenvalue weighted by molar-refractivity contribution is 6.39. The highest BCUT2D eigenvalue weighted by Gasteiger charge is 2.37. The van der Waals surface area contributed by atoms with Crippen molar-refractivity contribution >= 4 is 52.8 Å². The number of urea groups is 1. The third kappa shape index (κ3) is 5.84. The predicted molar refractivity (Wildman–Crippen MR) is 143 cm³/mol. The van der Waals surface area contributed by atoms with Gasteiger partial charge >= 0.3 is 6.03 Å². The summed E-state index contributed by atoms with van der Waals surface area (Å²) in [4.78, 5) is 51.2. The molecule has 5 amide bonds. The first-order chi connectivity index (χ1) is 18.2. The molecular weight excluding hydrogens is 510 g/mol. The molecule has 0 bridgehead atoms. The number of carbonyl (C=O) groups is 4. The largest absolute Gasteiger partial charge is 0.493 e. The first-order valence-electron chi connectivity index (χ1n) is 11.5. The van der Waals surface area contributed by atoms with Gasteiger partial charge in [0.1, 0.15) is 5.57 Å². The Morgan fingerprint density at radius 1 is 1.00 bits per heavy atom. The average Bonchev–Trinajstić information content (AvgIpc) is 2.89. The van der Waals surface area contributed by atoms with Crippen LogP contribution in [0.5, 0.6) is 11.5 Å². The minimum absolute atomic E-state index is 0.228. The molecule has 1 fully saturated rings. The van der Waals surface area contributed by atoms with Gasteiger partial charge < -0.3 is 14.8 Å². The topological polar surface area (TPSA) is 114 Å². The Morgan fingerprint density at radius 2 is 1.74 bits per heavy atom. The van der Waals surface area contributed by atoms with Crippen molar-refractivity contribution in [3.8, 4) is 11.5 Å². The number of carbonyl (C=O) groups excluding carboxylic acids is 4. The molecule has 1 aliphatic heterocycles. The molecule has 0 aliphatic carbocycles. The van der Waals surface area contributed by atoms with E-state index in [1.165, 1.54) is 19.3 Å². The monoisotopic (exact) mass is 533 g/mol. The fourth-order valence-corrected chi connectivity index (χ4v) is 3.82. The number of imide groups is 2. The number of nitrogens with zero attached hydrogens (tertiary/aromatic N) is 1. The molecule has 0 spiro atoms. The lowest BCUT2D eigenvalue weighted by Gasteiger charge is -2.26. The molecule has 1 heterocycles. The minimum Gasteiger partial charge on any atom is -0.493 e. The molecule has 0 unspecified atom stereocenters. The Labute approximate surface area is 224 Å². The van der Waals surface area contributed by atoms with Crippen LogP contribution in [0.25, 0.3) is 6.08 Å². The van der Waals surface area contributed by atoms with Crippen molar-refractivity contribution in [2.45, 2.75) is 13.8 Å². The van der Waals surface area contributed by atoms with Crippen molar-refractivity contribution in [3.05, 3.63) is 87.9 Å². The molecule has 9 nitrogen and oxygen atoms in total. The minimum atomic E-state index is -0.873. The SMILES string of the molecule is COc1cc(/C=C2\C(=O)NC(=O)N(c3ccc(C)c(Cl)c3)C2=O)ccc1OCC(=O)Nc1ccc(C)cc1. The Balaban J connectivity index is 1.51. The van der Waals surface area contributed by atoms with E-state index in [0.29, 0.717) is 22.0 Å². The molecule has 1 saturated heterocycles. The summed E-state index contributed by atoms with van der Waals surface area (Å²) in [6.45, 7) is 3.48. The van der Waals surface area contributed by atoms with E-state index in [9.17, 15) is 19.2 Å². The number of benzene rings is 3. The smallest absolute Gasteiger partial charge is 0.335 e. The molecule has 3 aromatic carbocycles. The van der Waals surface area contributed by atoms with E-state index < -0.39 is 17.8 Å². The van der Waals surface area contributed by atoms with E-state index in [2.05, 4.69) is 10.6 Å². The molecule has 0 aromatic heterocycles. The normalized spacial score (nSPS) is 14.4. The number of nitrogens with one attached hydrogen (secondary N) is 2. The zero-order chi connectivity index (χ0) is 27.4. The van der Waals surface area contributed by atoms with Gasteiger partial charge in [0.05, 0.1) is 12.8 Å². The maximum Gasteiger partial charge on any atom is 0.335 e. The van der Waals surface area contributed by atoms with Gasteiger partial charge in [0.2, 0.25) is 0 Å². The Kier molecular flexibility index (Phi) is 7.78. The first kappa shape index (κ1) is 26.4. The lowest BCUT2D eigenvalue weighted by atomic mass is 10.1. The van der Waals surface area contributed by atoms with Crippen LogP contribution in [0.2, 0.25) is 5.02 Å². The van der Waals surface area contributed by atoms with Crippen molar-refractivity contribution in [1.82, 2.24) is 5.32 Å². The fraction of sp³-hybridized carbons (Fsp3) is 0.143. The van der Waals surface area contributed by atoms with Crippen LogP contribution in [0.4, 0.5) is 16.2 Å². The van der Waals surface area contributed by atoms with Crippen LogP contribution in [0, 0.1) is 13.8 Å². The number of aryl methyl sites for hydroxylation is 2. The van der Waals surface area contributed by atoms with Crippen molar-refractivity contribution in [3.63, 3.8) is 0 Å². The maximum absolute atomic E-state index is 13.1. The molecular formula is C28H24ClN3O6. The quantitative estimate of drug-likeness (QED) is 0.337. The third-order valence-corrected chi connectivity index (χ3v) is 6.12. The summed E-state index contributed by atoms with van der Waals surface area (Å²) in [5.41, 5.74) is 2.91. The van der Waals surface area contributed by atoms with Crippen LogP contribution in [0.15, 0.2) is 66.2 Å². The highest BCUT2D eigenvalue weighted by atomic mass is 35.5. The molecule has 10 heteroatoms. The Bertz CT molecular complexity index is 1470. The standard InChI is InChI=1S/C28H24ClN3O6/c1-16-4-8-19(9-5-16)30-25(33)15-38-23-11-7-18(13-24(23)37-3)12-21-26(34)31-28(36)32(27(21)35)20-10-6-17(2)22(29)14-20/h4-14H,15H2,1-3H3,(H,30,33)(H,31,34,36)/b21-12+. The second kappa shape index (κ2) is 11.2. The van der Waals surface area contributed by atoms with Crippen LogP contribution in [-0.2, 0) is 14.4 Å². The second-order valence-corrected chi connectivity index (χ2v) is 8.91. The van der Waals surface area contributed by atoms with Crippen molar-refractivity contribution in [2.75, 3.05) is 23.9 Å². The van der Waals surface area contributed by atoms with Gasteiger partial charge in [0.25, 0.3) is 17.7 Å². The van der Waals surface area contributed by atoms with E-state index in [1.807, 2.05) is 19.1 Å². The number of hydrogen-bond acceptors (Lipinski definition) is 6. The summed E-state index contributed by atoms with van der Waals surface area (Å²) in [5, 5.41) is 5.29. The van der Waals surface area contributed by atoms with Crippen LogP contribution in [0.1, 0.15) is 16.7 Å². The summed E-state index contributed by atoms with van der Waals surface area (Å²) < 4.78 is 11.0. The number of barbiturate groups is 1. The van der Waals surface area contributed by atoms with Gasteiger partial charge in [0, 0.05) is 10.7 Å². The number of anilines is 2. The molecule has 3 aromatic rings. The lowest BCUT2D eigenvalue weighted by molar-refractivity contribution is -0.122. The van der Waals surface area contributed by atoms with Crippen LogP contribution >= 0.6 is 11.6 Å². The van der Waals surface area contributed by atoms with E-state index in [0.717, 1.165) is 16.0 Å². The van der Waals surface area contributed by atoms with Gasteiger partial charge in [-0.3, -0.25) is 19.7 Å².